The van der Waals surface area contributed by atoms with Crippen molar-refractivity contribution in [1.82, 2.24) is 10.6 Å². The van der Waals surface area contributed by atoms with Crippen LogP contribution in [0.25, 0.3) is 0 Å². The van der Waals surface area contributed by atoms with Gasteiger partial charge in [-0.1, -0.05) is 54.6 Å². The van der Waals surface area contributed by atoms with Crippen molar-refractivity contribution in [2.75, 3.05) is 5.73 Å². The highest BCUT2D eigenvalue weighted by Crippen LogP contribution is 2.11. The number of hydrogen-bond donors (Lipinski definition) is 4. The number of nitrogens with one attached hydrogen (secondary N) is 2. The van der Waals surface area contributed by atoms with Gasteiger partial charge >= 0.3 is 5.97 Å². The van der Waals surface area contributed by atoms with E-state index in [1.807, 2.05) is 18.2 Å². The van der Waals surface area contributed by atoms with Crippen LogP contribution in [0.5, 0.6) is 0 Å². The fourth-order valence-corrected chi connectivity index (χ4v) is 3.45. The van der Waals surface area contributed by atoms with Crippen LogP contribution >= 0.6 is 0 Å². The summed E-state index contributed by atoms with van der Waals surface area (Å²) in [5.41, 5.74) is 8.37. The van der Waals surface area contributed by atoms with Crippen molar-refractivity contribution in [3.05, 3.63) is 101 Å². The zero-order chi connectivity index (χ0) is 24.5. The first-order chi connectivity index (χ1) is 16.3. The van der Waals surface area contributed by atoms with Gasteiger partial charge in [0, 0.05) is 18.5 Å². The number of carboxylic acids is 1. The number of hydrogen-bond acceptors (Lipinski definition) is 4. The van der Waals surface area contributed by atoms with Crippen LogP contribution in [0.2, 0.25) is 0 Å². The van der Waals surface area contributed by atoms with Crippen molar-refractivity contribution in [1.29, 1.82) is 0 Å². The van der Waals surface area contributed by atoms with E-state index < -0.39 is 29.8 Å². The van der Waals surface area contributed by atoms with Crippen molar-refractivity contribution in [2.24, 2.45) is 0 Å². The standard InChI is InChI=1S/C26H26FN3O4/c27-20-10-6-18(7-11-20)15-23(26(33)34)30-25(32)22(14-19-8-12-21(28)13-9-19)29-24(31)16-17-4-2-1-3-5-17/h1-13,22-23H,14-16,28H2,(H,29,31)(H,30,32)(H,33,34)/t22-,23?/m0/s1. The summed E-state index contributed by atoms with van der Waals surface area (Å²) in [5, 5.41) is 14.9. The Balaban J connectivity index is 1.74. The van der Waals surface area contributed by atoms with Crippen LogP contribution in [0.4, 0.5) is 10.1 Å². The van der Waals surface area contributed by atoms with E-state index in [2.05, 4.69) is 10.6 Å². The third-order valence-corrected chi connectivity index (χ3v) is 5.25. The van der Waals surface area contributed by atoms with E-state index in [4.69, 9.17) is 5.73 Å². The molecule has 2 amide bonds. The highest BCUT2D eigenvalue weighted by Gasteiger charge is 2.27. The second kappa shape index (κ2) is 11.6. The maximum atomic E-state index is 13.2. The smallest absolute Gasteiger partial charge is 0.326 e. The Morgan fingerprint density at radius 2 is 1.32 bits per heavy atom. The van der Waals surface area contributed by atoms with Gasteiger partial charge in [0.2, 0.25) is 11.8 Å². The monoisotopic (exact) mass is 463 g/mol. The van der Waals surface area contributed by atoms with Crippen LogP contribution in [0.3, 0.4) is 0 Å². The summed E-state index contributed by atoms with van der Waals surface area (Å²) < 4.78 is 13.2. The Morgan fingerprint density at radius 1 is 0.765 bits per heavy atom. The van der Waals surface area contributed by atoms with E-state index in [-0.39, 0.29) is 25.2 Å². The Bertz CT molecular complexity index is 1120. The Kier molecular flexibility index (Phi) is 8.34. The molecule has 0 radical (unpaired) electrons. The molecule has 0 saturated heterocycles. The highest BCUT2D eigenvalue weighted by molar-refractivity contribution is 5.91. The Morgan fingerprint density at radius 3 is 1.91 bits per heavy atom. The molecule has 0 aliphatic rings. The van der Waals surface area contributed by atoms with E-state index >= 15 is 0 Å². The summed E-state index contributed by atoms with van der Waals surface area (Å²) in [6, 6.07) is 19.0. The minimum atomic E-state index is -1.25. The molecule has 0 aromatic heterocycles. The summed E-state index contributed by atoms with van der Waals surface area (Å²) in [6.45, 7) is 0. The van der Waals surface area contributed by atoms with Crippen LogP contribution in [0.1, 0.15) is 16.7 Å². The van der Waals surface area contributed by atoms with Crippen molar-refractivity contribution in [3.8, 4) is 0 Å². The quantitative estimate of drug-likeness (QED) is 0.344. The molecule has 0 bridgehead atoms. The van der Waals surface area contributed by atoms with E-state index in [9.17, 15) is 23.9 Å². The van der Waals surface area contributed by atoms with Gasteiger partial charge in [0.05, 0.1) is 6.42 Å². The molecule has 0 aliphatic carbocycles. The molecular formula is C26H26FN3O4. The lowest BCUT2D eigenvalue weighted by Gasteiger charge is -2.22. The van der Waals surface area contributed by atoms with Crippen LogP contribution in [-0.4, -0.2) is 35.0 Å². The van der Waals surface area contributed by atoms with Crippen LogP contribution in [-0.2, 0) is 33.6 Å². The van der Waals surface area contributed by atoms with E-state index in [1.165, 1.54) is 24.3 Å². The SMILES string of the molecule is Nc1ccc(C[C@H](NC(=O)Cc2ccccc2)C(=O)NC(Cc2ccc(F)cc2)C(=O)O)cc1. The van der Waals surface area contributed by atoms with Crippen molar-refractivity contribution in [2.45, 2.75) is 31.3 Å². The highest BCUT2D eigenvalue weighted by atomic mass is 19.1. The van der Waals surface area contributed by atoms with Crippen molar-refractivity contribution >= 4 is 23.5 Å². The number of nitrogen functional groups attached to an aromatic ring is 1. The number of halogens is 1. The first kappa shape index (κ1) is 24.4. The fraction of sp³-hybridized carbons (Fsp3) is 0.192. The Hall–Kier alpha value is -4.20. The lowest BCUT2D eigenvalue weighted by molar-refractivity contribution is -0.142. The molecule has 2 atom stereocenters. The lowest BCUT2D eigenvalue weighted by Crippen LogP contribution is -2.53. The number of aliphatic carboxylic acids is 1. The minimum Gasteiger partial charge on any atom is -0.480 e. The number of carbonyl (C=O) groups is 3. The van der Waals surface area contributed by atoms with Gasteiger partial charge in [-0.15, -0.1) is 0 Å². The third-order valence-electron chi connectivity index (χ3n) is 5.25. The average molecular weight is 464 g/mol. The predicted octanol–water partition coefficient (Wildman–Crippen LogP) is 2.49. The number of nitrogens with two attached hydrogens (primary N) is 1. The molecular weight excluding hydrogens is 437 g/mol. The summed E-state index contributed by atoms with van der Waals surface area (Å²) in [6.07, 6.45) is 0.188. The number of carboxylic acid groups (broad SMARTS) is 1. The fourth-order valence-electron chi connectivity index (χ4n) is 3.45. The summed E-state index contributed by atoms with van der Waals surface area (Å²) in [7, 11) is 0. The molecule has 3 aromatic rings. The van der Waals surface area contributed by atoms with Gasteiger partial charge in [-0.3, -0.25) is 9.59 Å². The average Bonchev–Trinajstić information content (AvgIpc) is 2.81. The predicted molar refractivity (Wildman–Crippen MR) is 126 cm³/mol. The molecule has 1 unspecified atom stereocenters. The topological polar surface area (TPSA) is 122 Å². The molecule has 0 fully saturated rings. The second-order valence-electron chi connectivity index (χ2n) is 7.96. The molecule has 3 rings (SSSR count). The number of amides is 2. The zero-order valence-corrected chi connectivity index (χ0v) is 18.4. The second-order valence-corrected chi connectivity index (χ2v) is 7.96. The van der Waals surface area contributed by atoms with Gasteiger partial charge in [0.25, 0.3) is 0 Å². The minimum absolute atomic E-state index is 0.0338. The van der Waals surface area contributed by atoms with Crippen molar-refractivity contribution < 1.29 is 23.9 Å². The maximum Gasteiger partial charge on any atom is 0.326 e. The maximum absolute atomic E-state index is 13.2. The van der Waals surface area contributed by atoms with Crippen LogP contribution in [0, 0.1) is 5.82 Å². The number of carbonyl (C=O) groups excluding carboxylic acids is 2. The first-order valence-electron chi connectivity index (χ1n) is 10.8. The molecule has 0 saturated carbocycles. The van der Waals surface area contributed by atoms with Gasteiger partial charge in [0.1, 0.15) is 17.9 Å². The van der Waals surface area contributed by atoms with Gasteiger partial charge in [-0.2, -0.15) is 0 Å². The number of benzene rings is 3. The molecule has 8 heteroatoms. The summed E-state index contributed by atoms with van der Waals surface area (Å²) in [5.74, 6) is -2.68. The van der Waals surface area contributed by atoms with Crippen LogP contribution < -0.4 is 16.4 Å². The summed E-state index contributed by atoms with van der Waals surface area (Å²) >= 11 is 0. The molecule has 176 valence electrons. The Labute approximate surface area is 196 Å². The lowest BCUT2D eigenvalue weighted by atomic mass is 10.0. The van der Waals surface area contributed by atoms with Gasteiger partial charge in [-0.05, 0) is 41.0 Å². The van der Waals surface area contributed by atoms with E-state index in [0.29, 0.717) is 11.3 Å². The normalized spacial score (nSPS) is 12.4. The van der Waals surface area contributed by atoms with Crippen molar-refractivity contribution in [3.63, 3.8) is 0 Å². The van der Waals surface area contributed by atoms with Crippen LogP contribution in [0.15, 0.2) is 78.9 Å². The van der Waals surface area contributed by atoms with Gasteiger partial charge in [-0.25, -0.2) is 9.18 Å². The summed E-state index contributed by atoms with van der Waals surface area (Å²) in [4.78, 5) is 37.5. The van der Waals surface area contributed by atoms with E-state index in [0.717, 1.165) is 11.1 Å². The molecule has 0 heterocycles. The van der Waals surface area contributed by atoms with Gasteiger partial charge < -0.3 is 21.5 Å². The number of rotatable bonds is 10. The largest absolute Gasteiger partial charge is 0.480 e. The van der Waals surface area contributed by atoms with Gasteiger partial charge in [0.15, 0.2) is 0 Å². The molecule has 0 spiro atoms. The molecule has 34 heavy (non-hydrogen) atoms. The number of anilines is 1. The first-order valence-corrected chi connectivity index (χ1v) is 10.8. The molecule has 0 aliphatic heterocycles. The zero-order valence-electron chi connectivity index (χ0n) is 18.4. The molecule has 5 N–H and O–H groups in total. The third kappa shape index (κ3) is 7.44. The molecule has 7 nitrogen and oxygen atoms in total. The molecule has 3 aromatic carbocycles. The van der Waals surface area contributed by atoms with E-state index in [1.54, 1.807) is 36.4 Å².